The monoisotopic (exact) mass is 622 g/mol. The van der Waals surface area contributed by atoms with E-state index in [9.17, 15) is 0 Å². The predicted octanol–water partition coefficient (Wildman–Crippen LogP) is 13.6. The van der Waals surface area contributed by atoms with E-state index in [0.29, 0.717) is 0 Å². The Bertz CT molecular complexity index is 2720. The van der Waals surface area contributed by atoms with Crippen LogP contribution in [-0.2, 0) is 5.41 Å². The molecule has 0 radical (unpaired) electrons. The van der Waals surface area contributed by atoms with E-state index in [1.165, 1.54) is 98.7 Å². The second-order valence-electron chi connectivity index (χ2n) is 14.0. The summed E-state index contributed by atoms with van der Waals surface area (Å²) in [6, 6.07) is 63.1. The molecule has 0 heterocycles. The van der Waals surface area contributed by atoms with Crippen molar-refractivity contribution in [2.75, 3.05) is 0 Å². The van der Waals surface area contributed by atoms with Gasteiger partial charge in [-0.25, -0.2) is 0 Å². The minimum absolute atomic E-state index is 0.121. The minimum atomic E-state index is -0.121. The Morgan fingerprint density at radius 3 is 1.57 bits per heavy atom. The Morgan fingerprint density at radius 2 is 0.878 bits per heavy atom. The summed E-state index contributed by atoms with van der Waals surface area (Å²) < 4.78 is 0. The van der Waals surface area contributed by atoms with Crippen LogP contribution in [0.2, 0.25) is 0 Å². The van der Waals surface area contributed by atoms with Crippen molar-refractivity contribution >= 4 is 43.1 Å². The van der Waals surface area contributed by atoms with Crippen LogP contribution < -0.4 is 0 Å². The molecule has 0 atom stereocenters. The number of hydrogen-bond acceptors (Lipinski definition) is 0. The molecule has 1 aliphatic carbocycles. The third-order valence-corrected chi connectivity index (χ3v) is 11.0. The van der Waals surface area contributed by atoms with Crippen LogP contribution in [0.3, 0.4) is 0 Å². The summed E-state index contributed by atoms with van der Waals surface area (Å²) >= 11 is 0. The number of benzene rings is 9. The second kappa shape index (κ2) is 10.5. The molecule has 0 nitrogen and oxygen atoms in total. The van der Waals surface area contributed by atoms with Crippen molar-refractivity contribution in [2.45, 2.75) is 19.3 Å². The van der Waals surface area contributed by atoms with Crippen molar-refractivity contribution in [1.29, 1.82) is 0 Å². The van der Waals surface area contributed by atoms with Gasteiger partial charge in [-0.15, -0.1) is 0 Å². The van der Waals surface area contributed by atoms with E-state index < -0.39 is 0 Å². The highest BCUT2D eigenvalue weighted by atomic mass is 14.4. The lowest BCUT2D eigenvalue weighted by molar-refractivity contribution is 0.666. The van der Waals surface area contributed by atoms with Crippen molar-refractivity contribution in [3.63, 3.8) is 0 Å². The van der Waals surface area contributed by atoms with Crippen LogP contribution >= 0.6 is 0 Å². The zero-order valence-corrected chi connectivity index (χ0v) is 27.7. The Labute approximate surface area is 286 Å². The summed E-state index contributed by atoms with van der Waals surface area (Å²) in [4.78, 5) is 0. The van der Waals surface area contributed by atoms with E-state index >= 15 is 0 Å². The van der Waals surface area contributed by atoms with Crippen molar-refractivity contribution in [1.82, 2.24) is 0 Å². The molecule has 0 unspecified atom stereocenters. The molecule has 1 aliphatic rings. The topological polar surface area (TPSA) is 0 Å². The normalized spacial score (nSPS) is 13.3. The van der Waals surface area contributed by atoms with Crippen LogP contribution in [0, 0.1) is 0 Å². The van der Waals surface area contributed by atoms with Crippen molar-refractivity contribution in [3.05, 3.63) is 181 Å². The third-order valence-electron chi connectivity index (χ3n) is 11.0. The van der Waals surface area contributed by atoms with Crippen molar-refractivity contribution in [2.24, 2.45) is 0 Å². The quantitative estimate of drug-likeness (QED) is 0.172. The van der Waals surface area contributed by atoms with E-state index in [0.717, 1.165) is 0 Å². The van der Waals surface area contributed by atoms with Crippen LogP contribution in [0.1, 0.15) is 25.0 Å². The van der Waals surface area contributed by atoms with Crippen LogP contribution in [0.4, 0.5) is 0 Å². The molecule has 9 aromatic rings. The van der Waals surface area contributed by atoms with Crippen LogP contribution in [0.25, 0.3) is 87.6 Å². The molecule has 230 valence electrons. The SMILES string of the molecule is CC1(C)c2cc(-c3c4ccccc4c(-c4cc(-c5ccccc5)cc5ccccc45)c4ccccc34)ccc2-c2ccc3ccccc3c21. The lowest BCUT2D eigenvalue weighted by Gasteiger charge is -2.24. The Morgan fingerprint density at radius 1 is 0.327 bits per heavy atom. The Hall–Kier alpha value is -5.98. The summed E-state index contributed by atoms with van der Waals surface area (Å²) in [5.41, 5.74) is 13.0. The largest absolute Gasteiger partial charge is 0.0622 e. The zero-order valence-electron chi connectivity index (χ0n) is 27.7. The summed E-state index contributed by atoms with van der Waals surface area (Å²) in [7, 11) is 0. The van der Waals surface area contributed by atoms with E-state index in [4.69, 9.17) is 0 Å². The highest BCUT2D eigenvalue weighted by Gasteiger charge is 2.37. The third kappa shape index (κ3) is 4.11. The van der Waals surface area contributed by atoms with Crippen LogP contribution in [-0.4, -0.2) is 0 Å². The van der Waals surface area contributed by atoms with E-state index in [1.54, 1.807) is 0 Å². The van der Waals surface area contributed by atoms with Gasteiger partial charge in [0.05, 0.1) is 0 Å². The molecule has 0 aliphatic heterocycles. The standard InChI is InChI=1S/C49H34/c1-49(2)45-30-34(25-26-38(45)43-27-24-32-16-6-9-19-37(32)48(43)49)46-39-20-10-12-22-41(39)47(42-23-13-11-21-40(42)46)44-29-35(31-14-4-3-5-15-31)28-33-17-7-8-18-36(33)44/h3-30H,1-2H3. The highest BCUT2D eigenvalue weighted by Crippen LogP contribution is 2.53. The van der Waals surface area contributed by atoms with Gasteiger partial charge < -0.3 is 0 Å². The van der Waals surface area contributed by atoms with Gasteiger partial charge in [-0.05, 0) is 117 Å². The number of fused-ring (bicyclic) bond motifs is 8. The average Bonchev–Trinajstić information content (AvgIpc) is 3.39. The second-order valence-corrected chi connectivity index (χ2v) is 14.0. The van der Waals surface area contributed by atoms with E-state index in [1.807, 2.05) is 0 Å². The first-order chi connectivity index (χ1) is 24.1. The lowest BCUT2D eigenvalue weighted by Crippen LogP contribution is -2.15. The fraction of sp³-hybridized carbons (Fsp3) is 0.0612. The van der Waals surface area contributed by atoms with E-state index in [2.05, 4.69) is 184 Å². The smallest absolute Gasteiger partial charge is 0.0165 e. The molecular formula is C49H34. The number of hydrogen-bond donors (Lipinski definition) is 0. The molecule has 0 saturated heterocycles. The van der Waals surface area contributed by atoms with Crippen molar-refractivity contribution < 1.29 is 0 Å². The summed E-state index contributed by atoms with van der Waals surface area (Å²) in [6.07, 6.45) is 0. The predicted molar refractivity (Wildman–Crippen MR) is 210 cm³/mol. The van der Waals surface area contributed by atoms with Gasteiger partial charge in [0.2, 0.25) is 0 Å². The summed E-state index contributed by atoms with van der Waals surface area (Å²) in [5, 5.41) is 10.3. The molecule has 0 N–H and O–H groups in total. The van der Waals surface area contributed by atoms with Gasteiger partial charge in [0.15, 0.2) is 0 Å². The highest BCUT2D eigenvalue weighted by molar-refractivity contribution is 6.24. The average molecular weight is 623 g/mol. The molecular weight excluding hydrogens is 589 g/mol. The van der Waals surface area contributed by atoms with Gasteiger partial charge in [-0.3, -0.25) is 0 Å². The van der Waals surface area contributed by atoms with Crippen LogP contribution in [0.15, 0.2) is 170 Å². The molecule has 0 bridgehead atoms. The molecule has 10 rings (SSSR count). The molecule has 0 fully saturated rings. The van der Waals surface area contributed by atoms with Gasteiger partial charge in [-0.1, -0.05) is 166 Å². The van der Waals surface area contributed by atoms with Crippen LogP contribution in [0.5, 0.6) is 0 Å². The van der Waals surface area contributed by atoms with Gasteiger partial charge in [0, 0.05) is 5.41 Å². The maximum absolute atomic E-state index is 2.49. The molecule has 9 aromatic carbocycles. The van der Waals surface area contributed by atoms with Gasteiger partial charge in [0.1, 0.15) is 0 Å². The van der Waals surface area contributed by atoms with Crippen molar-refractivity contribution in [3.8, 4) is 44.5 Å². The molecule has 0 amide bonds. The molecule has 0 spiro atoms. The summed E-state index contributed by atoms with van der Waals surface area (Å²) in [5.74, 6) is 0. The van der Waals surface area contributed by atoms with Gasteiger partial charge in [-0.2, -0.15) is 0 Å². The zero-order chi connectivity index (χ0) is 32.7. The first-order valence-corrected chi connectivity index (χ1v) is 17.3. The fourth-order valence-corrected chi connectivity index (χ4v) is 8.80. The molecule has 0 heteroatoms. The Balaban J connectivity index is 1.26. The molecule has 0 aromatic heterocycles. The first-order valence-electron chi connectivity index (χ1n) is 17.3. The maximum atomic E-state index is 2.49. The van der Waals surface area contributed by atoms with Gasteiger partial charge >= 0.3 is 0 Å². The Kier molecular flexibility index (Phi) is 6.02. The number of rotatable bonds is 3. The minimum Gasteiger partial charge on any atom is -0.0622 e. The van der Waals surface area contributed by atoms with E-state index in [-0.39, 0.29) is 5.41 Å². The van der Waals surface area contributed by atoms with Gasteiger partial charge in [0.25, 0.3) is 0 Å². The lowest BCUT2D eigenvalue weighted by atomic mass is 9.79. The molecule has 0 saturated carbocycles. The molecule has 49 heavy (non-hydrogen) atoms. The fourth-order valence-electron chi connectivity index (χ4n) is 8.80. The summed E-state index contributed by atoms with van der Waals surface area (Å²) in [6.45, 7) is 4.80. The maximum Gasteiger partial charge on any atom is 0.0165 e. The first kappa shape index (κ1) is 28.1.